The zero-order chi connectivity index (χ0) is 25.9. The maximum Gasteiger partial charge on any atom is 0.322 e. The van der Waals surface area contributed by atoms with Crippen LogP contribution in [0.5, 0.6) is 5.75 Å². The van der Waals surface area contributed by atoms with Gasteiger partial charge in [0.25, 0.3) is 11.8 Å². The molecule has 5 heterocycles. The number of imide groups is 1. The molecule has 2 aliphatic heterocycles. The number of benzene rings is 1. The van der Waals surface area contributed by atoms with Crippen molar-refractivity contribution >= 4 is 40.5 Å². The van der Waals surface area contributed by atoms with E-state index in [1.807, 2.05) is 13.0 Å². The van der Waals surface area contributed by atoms with Crippen molar-refractivity contribution < 1.29 is 28.1 Å². The van der Waals surface area contributed by atoms with E-state index in [0.717, 1.165) is 5.56 Å². The number of pyridine rings is 1. The second-order valence-electron chi connectivity index (χ2n) is 9.01. The van der Waals surface area contributed by atoms with Gasteiger partial charge in [0.2, 0.25) is 0 Å². The number of carbonyl (C=O) groups is 3. The molecule has 1 fully saturated rings. The SMILES string of the molecule is COc1ccc2c(c1)C(=O)N(C[C@@]1(c3cc4nc(Nc5c(C)noc5C)ccc4o3)NC(=O)NC1=O)C2. The van der Waals surface area contributed by atoms with Gasteiger partial charge in [0.1, 0.15) is 34.2 Å². The van der Waals surface area contributed by atoms with Crippen LogP contribution in [0.4, 0.5) is 16.3 Å². The number of nitrogens with one attached hydrogen (secondary N) is 3. The minimum atomic E-state index is -1.63. The molecule has 0 saturated carbocycles. The first kappa shape index (κ1) is 22.6. The molecular weight excluding hydrogens is 480 g/mol. The molecule has 3 aromatic heterocycles. The van der Waals surface area contributed by atoms with Crippen molar-refractivity contribution in [1.82, 2.24) is 25.7 Å². The Balaban J connectivity index is 1.35. The van der Waals surface area contributed by atoms with Gasteiger partial charge >= 0.3 is 6.03 Å². The number of furan rings is 1. The average Bonchev–Trinajstić information content (AvgIpc) is 3.61. The van der Waals surface area contributed by atoms with Gasteiger partial charge in [-0.3, -0.25) is 14.9 Å². The van der Waals surface area contributed by atoms with E-state index in [1.165, 1.54) is 12.0 Å². The first-order valence-electron chi connectivity index (χ1n) is 11.5. The number of amides is 4. The van der Waals surface area contributed by atoms with E-state index in [2.05, 4.69) is 26.1 Å². The van der Waals surface area contributed by atoms with Gasteiger partial charge in [-0.1, -0.05) is 11.2 Å². The van der Waals surface area contributed by atoms with Gasteiger partial charge in [0.05, 0.1) is 13.7 Å². The number of nitrogens with zero attached hydrogens (tertiary/aromatic N) is 3. The fraction of sp³-hybridized carbons (Fsp3) is 0.240. The zero-order valence-electron chi connectivity index (χ0n) is 20.2. The highest BCUT2D eigenvalue weighted by Gasteiger charge is 2.53. The van der Waals surface area contributed by atoms with E-state index in [4.69, 9.17) is 13.7 Å². The van der Waals surface area contributed by atoms with Crippen LogP contribution in [-0.4, -0.2) is 46.5 Å². The highest BCUT2D eigenvalue weighted by molar-refractivity contribution is 6.08. The Kier molecular flexibility index (Phi) is 4.93. The summed E-state index contributed by atoms with van der Waals surface area (Å²) in [5, 5.41) is 12.1. The number of aromatic nitrogens is 2. The fourth-order valence-corrected chi connectivity index (χ4v) is 4.73. The molecule has 1 saturated heterocycles. The fourth-order valence-electron chi connectivity index (χ4n) is 4.73. The summed E-state index contributed by atoms with van der Waals surface area (Å²) in [7, 11) is 1.53. The predicted molar refractivity (Wildman–Crippen MR) is 129 cm³/mol. The molecular formula is C25H22N6O6. The van der Waals surface area contributed by atoms with Crippen LogP contribution in [0.3, 0.4) is 0 Å². The molecule has 12 nitrogen and oxygen atoms in total. The molecule has 3 N–H and O–H groups in total. The van der Waals surface area contributed by atoms with Gasteiger partial charge in [-0.15, -0.1) is 0 Å². The van der Waals surface area contributed by atoms with Crippen LogP contribution in [0, 0.1) is 13.8 Å². The Hall–Kier alpha value is -4.87. The van der Waals surface area contributed by atoms with E-state index >= 15 is 0 Å². The van der Waals surface area contributed by atoms with Crippen LogP contribution in [0.1, 0.15) is 33.1 Å². The maximum absolute atomic E-state index is 13.2. The maximum atomic E-state index is 13.2. The van der Waals surface area contributed by atoms with Crippen LogP contribution in [0.2, 0.25) is 0 Å². The third-order valence-electron chi connectivity index (χ3n) is 6.65. The van der Waals surface area contributed by atoms with Crippen molar-refractivity contribution in [2.24, 2.45) is 0 Å². The number of methoxy groups -OCH3 is 1. The third kappa shape index (κ3) is 3.56. The number of fused-ring (bicyclic) bond motifs is 2. The summed E-state index contributed by atoms with van der Waals surface area (Å²) in [6, 6.07) is 9.59. The third-order valence-corrected chi connectivity index (χ3v) is 6.65. The summed E-state index contributed by atoms with van der Waals surface area (Å²) in [5.41, 5.74) is 1.92. The lowest BCUT2D eigenvalue weighted by atomic mass is 9.95. The number of rotatable bonds is 6. The van der Waals surface area contributed by atoms with Crippen molar-refractivity contribution in [3.05, 3.63) is 64.7 Å². The first-order chi connectivity index (χ1) is 17.8. The number of hydrogen-bond acceptors (Lipinski definition) is 9. The van der Waals surface area contributed by atoms with E-state index in [1.54, 1.807) is 37.3 Å². The van der Waals surface area contributed by atoms with Crippen LogP contribution in [-0.2, 0) is 16.9 Å². The second kappa shape index (κ2) is 8.08. The zero-order valence-corrected chi connectivity index (χ0v) is 20.2. The Morgan fingerprint density at radius 3 is 2.70 bits per heavy atom. The number of anilines is 2. The quantitative estimate of drug-likeness (QED) is 0.338. The lowest BCUT2D eigenvalue weighted by Gasteiger charge is -2.28. The van der Waals surface area contributed by atoms with Crippen molar-refractivity contribution in [3.8, 4) is 5.75 Å². The molecule has 4 amide bonds. The summed E-state index contributed by atoms with van der Waals surface area (Å²) in [6.07, 6.45) is 0. The van der Waals surface area contributed by atoms with Crippen molar-refractivity contribution in [2.45, 2.75) is 25.9 Å². The monoisotopic (exact) mass is 502 g/mol. The Morgan fingerprint density at radius 2 is 2.00 bits per heavy atom. The number of urea groups is 1. The molecule has 188 valence electrons. The molecule has 4 aromatic rings. The van der Waals surface area contributed by atoms with Gasteiger partial charge in [0, 0.05) is 18.2 Å². The first-order valence-corrected chi connectivity index (χ1v) is 11.5. The highest BCUT2D eigenvalue weighted by atomic mass is 16.5. The van der Waals surface area contributed by atoms with E-state index in [9.17, 15) is 14.4 Å². The number of aryl methyl sites for hydroxylation is 2. The smallest absolute Gasteiger partial charge is 0.322 e. The van der Waals surface area contributed by atoms with E-state index in [-0.39, 0.29) is 24.8 Å². The molecule has 12 heteroatoms. The predicted octanol–water partition coefficient (Wildman–Crippen LogP) is 2.88. The molecule has 1 atom stereocenters. The summed E-state index contributed by atoms with van der Waals surface area (Å²) in [4.78, 5) is 44.7. The van der Waals surface area contributed by atoms with Crippen LogP contribution in [0.15, 0.2) is 45.3 Å². The van der Waals surface area contributed by atoms with Crippen molar-refractivity contribution in [2.75, 3.05) is 19.0 Å². The molecule has 0 bridgehead atoms. The van der Waals surface area contributed by atoms with Gasteiger partial charge in [0.15, 0.2) is 16.9 Å². The van der Waals surface area contributed by atoms with Gasteiger partial charge in [-0.25, -0.2) is 9.78 Å². The molecule has 1 aromatic carbocycles. The molecule has 0 radical (unpaired) electrons. The van der Waals surface area contributed by atoms with Crippen molar-refractivity contribution in [3.63, 3.8) is 0 Å². The molecule has 6 rings (SSSR count). The molecule has 0 spiro atoms. The van der Waals surface area contributed by atoms with Gasteiger partial charge in [-0.05, 0) is 43.7 Å². The largest absolute Gasteiger partial charge is 0.497 e. The van der Waals surface area contributed by atoms with Gasteiger partial charge < -0.3 is 29.2 Å². The van der Waals surface area contributed by atoms with Crippen LogP contribution in [0.25, 0.3) is 11.1 Å². The average molecular weight is 502 g/mol. The Morgan fingerprint density at radius 1 is 1.16 bits per heavy atom. The molecule has 0 aliphatic carbocycles. The van der Waals surface area contributed by atoms with Gasteiger partial charge in [-0.2, -0.15) is 0 Å². The summed E-state index contributed by atoms with van der Waals surface area (Å²) >= 11 is 0. The minimum absolute atomic E-state index is 0.135. The minimum Gasteiger partial charge on any atom is -0.497 e. The normalized spacial score (nSPS) is 18.8. The summed E-state index contributed by atoms with van der Waals surface area (Å²) in [5.74, 6) is 0.955. The standard InChI is InChI=1S/C25H22N6O6/c1-12-21(13(2)37-30-12)27-20-7-6-18-17(26-20)9-19(36-18)25(23(33)28-24(34)29-25)11-31-10-14-4-5-15(35-3)8-16(14)22(31)32/h4-9H,10-11H2,1-3H3,(H,26,27)(H2,28,29,33,34)/t25-/m0/s1. The number of hydrogen-bond donors (Lipinski definition) is 3. The van der Waals surface area contributed by atoms with Crippen LogP contribution < -0.4 is 20.7 Å². The van der Waals surface area contributed by atoms with Crippen molar-refractivity contribution in [1.29, 1.82) is 0 Å². The van der Waals surface area contributed by atoms with E-state index < -0.39 is 17.5 Å². The lowest BCUT2D eigenvalue weighted by molar-refractivity contribution is -0.125. The molecule has 2 aliphatic rings. The lowest BCUT2D eigenvalue weighted by Crippen LogP contribution is -2.52. The topological polar surface area (TPSA) is 152 Å². The Labute approximate surface area is 209 Å². The number of ether oxygens (including phenoxy) is 1. The number of carbonyl (C=O) groups excluding carboxylic acids is 3. The highest BCUT2D eigenvalue weighted by Crippen LogP contribution is 2.35. The van der Waals surface area contributed by atoms with Crippen LogP contribution >= 0.6 is 0 Å². The van der Waals surface area contributed by atoms with E-state index in [0.29, 0.717) is 45.4 Å². The Bertz CT molecular complexity index is 1590. The summed E-state index contributed by atoms with van der Waals surface area (Å²) < 4.78 is 16.4. The summed E-state index contributed by atoms with van der Waals surface area (Å²) in [6.45, 7) is 3.74. The molecule has 0 unspecified atom stereocenters. The second-order valence-corrected chi connectivity index (χ2v) is 9.01. The molecule has 37 heavy (non-hydrogen) atoms.